The first kappa shape index (κ1) is 41.9. The molecule has 0 N–H and O–H groups in total. The topological polar surface area (TPSA) is 18.5 Å². The van der Waals surface area contributed by atoms with Crippen LogP contribution in [0.25, 0.3) is 0 Å². The van der Waals surface area contributed by atoms with Crippen LogP contribution in [0.1, 0.15) is 168 Å². The predicted octanol–water partition coefficient (Wildman–Crippen LogP) is 13.0. The Balaban J connectivity index is 2.45. The average Bonchev–Trinajstić information content (AvgIpc) is 3.33. The van der Waals surface area contributed by atoms with Gasteiger partial charge < -0.3 is 0 Å². The van der Waals surface area contributed by atoms with E-state index >= 15 is 0 Å². The molecule has 0 aromatic carbocycles. The molecular weight excluding hydrogens is 758 g/mol. The van der Waals surface area contributed by atoms with Crippen molar-refractivity contribution < 1.29 is 9.47 Å². The molecule has 1 rings (SSSR count). The Kier molecular flexibility index (Phi) is 25.3. The van der Waals surface area contributed by atoms with Crippen LogP contribution in [0.4, 0.5) is 0 Å². The molecule has 0 fully saturated rings. The summed E-state index contributed by atoms with van der Waals surface area (Å²) in [5.41, 5.74) is 0. The van der Waals surface area contributed by atoms with Crippen molar-refractivity contribution in [3.63, 3.8) is 0 Å². The Morgan fingerprint density at radius 3 is 0.837 bits per heavy atom. The van der Waals surface area contributed by atoms with Gasteiger partial charge in [-0.05, 0) is 0 Å². The third kappa shape index (κ3) is 20.7. The molecule has 2 nitrogen and oxygen atoms in total. The van der Waals surface area contributed by atoms with E-state index in [9.17, 15) is 0 Å². The van der Waals surface area contributed by atoms with Gasteiger partial charge in [-0.3, -0.25) is 0 Å². The van der Waals surface area contributed by atoms with Gasteiger partial charge in [-0.15, -0.1) is 0 Å². The molecule has 0 atom stereocenters. The Hall–Kier alpha value is 0.897. The number of unbranched alkanes of at least 4 members (excludes halogenated alkanes) is 22. The van der Waals surface area contributed by atoms with E-state index in [-0.39, 0.29) is 0 Å². The standard InChI is InChI=1S/C32H58O2S.6CH3.2Sn/c1-3-5-7-9-11-13-15-17-19-21-23-25-27-33-31-29-35-30-32(31)34-28-26-24-22-20-18-16-14-12-10-8-6-4-2;;;;;;;;/h3-28H2,1-2H3;6*1H3;;. The first-order valence-corrected chi connectivity index (χ1v) is 39.9. The van der Waals surface area contributed by atoms with Crippen LogP contribution in [-0.2, 0) is 0 Å². The predicted molar refractivity (Wildman–Crippen MR) is 203 cm³/mol. The first-order chi connectivity index (χ1) is 20.6. The zero-order valence-corrected chi connectivity index (χ0v) is 37.1. The van der Waals surface area contributed by atoms with Gasteiger partial charge in [-0.25, -0.2) is 0 Å². The third-order valence-corrected chi connectivity index (χ3v) is 28.5. The quantitative estimate of drug-likeness (QED) is 0.0568. The van der Waals surface area contributed by atoms with E-state index in [1.807, 2.05) is 0 Å². The summed E-state index contributed by atoms with van der Waals surface area (Å²) in [6.07, 6.45) is 33.2. The summed E-state index contributed by atoms with van der Waals surface area (Å²) in [5.74, 6) is 2.38. The van der Waals surface area contributed by atoms with Crippen molar-refractivity contribution in [1.82, 2.24) is 0 Å². The van der Waals surface area contributed by atoms with Gasteiger partial charge in [0.1, 0.15) is 0 Å². The van der Waals surface area contributed by atoms with Crippen LogP contribution in [0.15, 0.2) is 0 Å². The SMILES string of the molecule is CCCCCCCCCCCCCCOc1[c]([Sn]([CH3])([CH3])[CH3])s[c]([Sn]([CH3])([CH3])[CH3])c1OCCCCCCCCCCCCCC. The molecular formula is C38H76O2SSn2. The van der Waals surface area contributed by atoms with Crippen LogP contribution in [0, 0.1) is 0 Å². The summed E-state index contributed by atoms with van der Waals surface area (Å²) in [6, 6.07) is 0. The number of rotatable bonds is 30. The summed E-state index contributed by atoms with van der Waals surface area (Å²) in [5, 5.41) is 0. The Labute approximate surface area is 283 Å². The first-order valence-electron chi connectivity index (χ1n) is 19.1. The smallest absolute Gasteiger partial charge is 0.0654 e. The van der Waals surface area contributed by atoms with E-state index in [1.165, 1.54) is 166 Å². The molecule has 0 bridgehead atoms. The maximum absolute atomic E-state index is 6.70. The molecule has 5 heteroatoms. The fraction of sp³-hybridized carbons (Fsp3) is 0.895. The molecule has 0 aliphatic carbocycles. The molecule has 0 aliphatic heterocycles. The second-order valence-corrected chi connectivity index (χ2v) is 47.0. The second kappa shape index (κ2) is 25.9. The molecule has 0 spiro atoms. The normalized spacial score (nSPS) is 12.3. The Morgan fingerprint density at radius 1 is 0.372 bits per heavy atom. The molecule has 1 aromatic rings. The maximum atomic E-state index is 6.70. The summed E-state index contributed by atoms with van der Waals surface area (Å²) < 4.78 is 16.6. The fourth-order valence-electron chi connectivity index (χ4n) is 5.89. The second-order valence-electron chi connectivity index (χ2n) is 15.4. The van der Waals surface area contributed by atoms with E-state index in [4.69, 9.17) is 9.47 Å². The molecule has 0 saturated carbocycles. The molecule has 1 heterocycles. The molecule has 0 radical (unpaired) electrons. The van der Waals surface area contributed by atoms with E-state index in [0.717, 1.165) is 13.2 Å². The zero-order valence-electron chi connectivity index (χ0n) is 30.6. The van der Waals surface area contributed by atoms with Crippen molar-refractivity contribution in [3.05, 3.63) is 0 Å². The van der Waals surface area contributed by atoms with Gasteiger partial charge >= 0.3 is 220 Å². The molecule has 0 amide bonds. The van der Waals surface area contributed by atoms with Crippen LogP contribution in [0.5, 0.6) is 11.5 Å². The fourth-order valence-corrected chi connectivity index (χ4v) is 21.6. The zero-order chi connectivity index (χ0) is 31.8. The monoisotopic (exact) mass is 836 g/mol. The van der Waals surface area contributed by atoms with Gasteiger partial charge in [0.05, 0.1) is 0 Å². The van der Waals surface area contributed by atoms with E-state index in [0.29, 0.717) is 0 Å². The van der Waals surface area contributed by atoms with Crippen molar-refractivity contribution in [2.75, 3.05) is 13.2 Å². The minimum atomic E-state index is -2.33. The number of hydrogen-bond acceptors (Lipinski definition) is 3. The van der Waals surface area contributed by atoms with Crippen molar-refractivity contribution >= 4 is 53.9 Å². The van der Waals surface area contributed by atoms with E-state index < -0.39 is 36.8 Å². The van der Waals surface area contributed by atoms with Crippen molar-refractivity contribution in [2.24, 2.45) is 0 Å². The molecule has 43 heavy (non-hydrogen) atoms. The van der Waals surface area contributed by atoms with Crippen molar-refractivity contribution in [2.45, 2.75) is 198 Å². The van der Waals surface area contributed by atoms with Gasteiger partial charge in [0.15, 0.2) is 0 Å². The summed E-state index contributed by atoms with van der Waals surface area (Å²) in [6.45, 7) is 6.32. The van der Waals surface area contributed by atoms with Gasteiger partial charge in [0, 0.05) is 0 Å². The van der Waals surface area contributed by atoms with Gasteiger partial charge in [-0.1, -0.05) is 65.2 Å². The van der Waals surface area contributed by atoms with Crippen molar-refractivity contribution in [1.29, 1.82) is 0 Å². The van der Waals surface area contributed by atoms with Crippen LogP contribution < -0.4 is 15.3 Å². The third-order valence-electron chi connectivity index (χ3n) is 8.67. The van der Waals surface area contributed by atoms with Crippen LogP contribution >= 0.6 is 11.3 Å². The van der Waals surface area contributed by atoms with Crippen molar-refractivity contribution in [3.8, 4) is 11.5 Å². The molecule has 0 saturated heterocycles. The number of thiophene rings is 1. The summed E-state index contributed by atoms with van der Waals surface area (Å²) in [4.78, 5) is 15.3. The molecule has 1 aromatic heterocycles. The summed E-state index contributed by atoms with van der Waals surface area (Å²) in [7, 11) is 0. The molecule has 0 unspecified atom stereocenters. The van der Waals surface area contributed by atoms with E-state index in [1.54, 1.807) is 5.79 Å². The summed E-state index contributed by atoms with van der Waals surface area (Å²) >= 11 is -2.55. The van der Waals surface area contributed by atoms with Gasteiger partial charge in [0.2, 0.25) is 0 Å². The minimum Gasteiger partial charge on any atom is -0.0654 e. The Bertz CT molecular complexity index is 716. The van der Waals surface area contributed by atoms with Gasteiger partial charge in [-0.2, -0.15) is 0 Å². The Morgan fingerprint density at radius 2 is 0.605 bits per heavy atom. The van der Waals surface area contributed by atoms with Crippen LogP contribution in [0.2, 0.25) is 29.6 Å². The van der Waals surface area contributed by atoms with Gasteiger partial charge in [0.25, 0.3) is 0 Å². The van der Waals surface area contributed by atoms with Crippen LogP contribution in [-0.4, -0.2) is 50.0 Å². The minimum absolute atomic E-state index is 0.858. The number of hydrogen-bond donors (Lipinski definition) is 0. The molecule has 254 valence electrons. The van der Waals surface area contributed by atoms with Crippen LogP contribution in [0.3, 0.4) is 0 Å². The average molecular weight is 835 g/mol. The molecule has 0 aliphatic rings. The van der Waals surface area contributed by atoms with E-state index in [2.05, 4.69) is 54.8 Å². The number of ether oxygens (including phenoxy) is 2.